The monoisotopic (exact) mass is 460 g/mol. The highest BCUT2D eigenvalue weighted by atomic mass is 19.1. The van der Waals surface area contributed by atoms with Gasteiger partial charge in [0.05, 0.1) is 24.8 Å². The van der Waals surface area contributed by atoms with Crippen molar-refractivity contribution in [3.63, 3.8) is 0 Å². The van der Waals surface area contributed by atoms with Gasteiger partial charge in [-0.05, 0) is 79.3 Å². The number of piperidine rings is 1. The van der Waals surface area contributed by atoms with Gasteiger partial charge in [0.25, 0.3) is 0 Å². The second kappa shape index (κ2) is 9.33. The molecule has 5 rings (SSSR count). The molecule has 3 heterocycles. The predicted molar refractivity (Wildman–Crippen MR) is 131 cm³/mol. The van der Waals surface area contributed by atoms with Crippen LogP contribution in [0.25, 0.3) is 11.8 Å². The molecule has 2 aliphatic rings. The number of rotatable bonds is 4. The molecule has 0 amide bonds. The van der Waals surface area contributed by atoms with Crippen molar-refractivity contribution in [1.29, 1.82) is 0 Å². The van der Waals surface area contributed by atoms with Gasteiger partial charge in [-0.2, -0.15) is 0 Å². The Morgan fingerprint density at radius 3 is 2.79 bits per heavy atom. The van der Waals surface area contributed by atoms with Gasteiger partial charge in [-0.3, -0.25) is 0 Å². The summed E-state index contributed by atoms with van der Waals surface area (Å²) >= 11 is 0. The summed E-state index contributed by atoms with van der Waals surface area (Å²) in [5.41, 5.74) is 5.79. The maximum absolute atomic E-state index is 14.0. The van der Waals surface area contributed by atoms with E-state index in [1.165, 1.54) is 6.07 Å². The summed E-state index contributed by atoms with van der Waals surface area (Å²) in [4.78, 5) is 12.6. The van der Waals surface area contributed by atoms with Crippen LogP contribution in [0.4, 0.5) is 4.39 Å². The van der Waals surface area contributed by atoms with Crippen LogP contribution in [0.15, 0.2) is 59.7 Å². The van der Waals surface area contributed by atoms with Gasteiger partial charge >= 0.3 is 0 Å². The third kappa shape index (κ3) is 4.55. The smallest absolute Gasteiger partial charge is 0.171 e. The first-order chi connectivity index (χ1) is 16.5. The quantitative estimate of drug-likeness (QED) is 0.509. The van der Waals surface area contributed by atoms with Gasteiger partial charge in [-0.15, -0.1) is 0 Å². The maximum Gasteiger partial charge on any atom is 0.171 e. The molecule has 0 saturated carbocycles. The zero-order chi connectivity index (χ0) is 23.7. The van der Waals surface area contributed by atoms with Crippen molar-refractivity contribution in [3.05, 3.63) is 82.7 Å². The van der Waals surface area contributed by atoms with E-state index in [9.17, 15) is 4.39 Å². The summed E-state index contributed by atoms with van der Waals surface area (Å²) in [6.45, 7) is 5.62. The molecular weight excluding hydrogens is 431 g/mol. The van der Waals surface area contributed by atoms with E-state index in [0.29, 0.717) is 0 Å². The van der Waals surface area contributed by atoms with E-state index in [1.54, 1.807) is 19.5 Å². The molecule has 0 N–H and O–H groups in total. The van der Waals surface area contributed by atoms with Crippen LogP contribution < -0.4 is 4.74 Å². The largest absolute Gasteiger partial charge is 0.495 e. The van der Waals surface area contributed by atoms with Crippen molar-refractivity contribution in [1.82, 2.24) is 14.5 Å². The lowest BCUT2D eigenvalue weighted by Crippen LogP contribution is -2.37. The average Bonchev–Trinajstić information content (AvgIpc) is 3.12. The molecule has 0 bridgehead atoms. The van der Waals surface area contributed by atoms with Crippen LogP contribution in [0.5, 0.6) is 5.75 Å². The van der Waals surface area contributed by atoms with Crippen LogP contribution in [0.2, 0.25) is 0 Å². The Morgan fingerprint density at radius 2 is 2.03 bits per heavy atom. The molecule has 2 aromatic carbocycles. The van der Waals surface area contributed by atoms with Gasteiger partial charge in [-0.1, -0.05) is 17.3 Å². The van der Waals surface area contributed by atoms with E-state index in [-0.39, 0.29) is 11.9 Å². The Bertz CT molecular complexity index is 1240. The van der Waals surface area contributed by atoms with E-state index in [0.717, 1.165) is 77.6 Å². The van der Waals surface area contributed by atoms with Crippen molar-refractivity contribution in [2.75, 3.05) is 20.2 Å². The molecule has 1 unspecified atom stereocenters. The van der Waals surface area contributed by atoms with E-state index >= 15 is 0 Å². The van der Waals surface area contributed by atoms with Gasteiger partial charge < -0.3 is 19.0 Å². The molecule has 3 aromatic rings. The Hall–Kier alpha value is -3.61. The number of benzene rings is 2. The first-order valence-corrected chi connectivity index (χ1v) is 11.7. The molecule has 176 valence electrons. The molecule has 7 heteroatoms. The Balaban J connectivity index is 1.43. The molecule has 1 saturated heterocycles. The van der Waals surface area contributed by atoms with E-state index < -0.39 is 0 Å². The number of oxime groups is 1. The minimum Gasteiger partial charge on any atom is -0.495 e. The van der Waals surface area contributed by atoms with Gasteiger partial charge in [0.15, 0.2) is 11.9 Å². The predicted octanol–water partition coefficient (Wildman–Crippen LogP) is 5.59. The fourth-order valence-corrected chi connectivity index (χ4v) is 4.72. The summed E-state index contributed by atoms with van der Waals surface area (Å²) in [6, 6.07) is 11.2. The first-order valence-electron chi connectivity index (χ1n) is 11.7. The lowest BCUT2D eigenvalue weighted by atomic mass is 9.99. The molecule has 34 heavy (non-hydrogen) atoms. The van der Waals surface area contributed by atoms with Crippen molar-refractivity contribution < 1.29 is 14.0 Å². The van der Waals surface area contributed by atoms with Crippen LogP contribution in [0.1, 0.15) is 47.8 Å². The minimum absolute atomic E-state index is 0.239. The van der Waals surface area contributed by atoms with Crippen LogP contribution in [-0.4, -0.2) is 40.5 Å². The third-order valence-electron chi connectivity index (χ3n) is 6.36. The molecule has 1 fully saturated rings. The molecular formula is C27H29FN4O2. The van der Waals surface area contributed by atoms with E-state index in [4.69, 9.17) is 9.57 Å². The molecule has 0 spiro atoms. The normalized spacial score (nSPS) is 19.3. The van der Waals surface area contributed by atoms with Gasteiger partial charge in [0.2, 0.25) is 0 Å². The number of fused-ring (bicyclic) bond motifs is 1. The Morgan fingerprint density at radius 1 is 1.15 bits per heavy atom. The minimum atomic E-state index is -0.258. The lowest BCUT2D eigenvalue weighted by Gasteiger charge is -2.29. The second-order valence-corrected chi connectivity index (χ2v) is 8.97. The number of methoxy groups -OCH3 is 1. The highest BCUT2D eigenvalue weighted by Crippen LogP contribution is 2.31. The topological polar surface area (TPSA) is 51.9 Å². The zero-order valence-electron chi connectivity index (χ0n) is 19.8. The van der Waals surface area contributed by atoms with E-state index in [2.05, 4.69) is 27.2 Å². The van der Waals surface area contributed by atoms with Crippen molar-refractivity contribution in [2.24, 2.45) is 5.16 Å². The number of aromatic nitrogens is 2. The van der Waals surface area contributed by atoms with Gasteiger partial charge in [0, 0.05) is 25.7 Å². The first kappa shape index (κ1) is 22.2. The number of hydrogen-bond acceptors (Lipinski definition) is 5. The van der Waals surface area contributed by atoms with Crippen LogP contribution in [0.3, 0.4) is 0 Å². The highest BCUT2D eigenvalue weighted by Gasteiger charge is 2.27. The summed E-state index contributed by atoms with van der Waals surface area (Å²) in [5, 5.41) is 4.56. The summed E-state index contributed by atoms with van der Waals surface area (Å²) in [5.74, 6) is 1.41. The Labute approximate surface area is 199 Å². The van der Waals surface area contributed by atoms with Gasteiger partial charge in [-0.25, -0.2) is 9.37 Å². The van der Waals surface area contributed by atoms with Crippen LogP contribution >= 0.6 is 0 Å². The van der Waals surface area contributed by atoms with E-state index in [1.807, 2.05) is 42.8 Å². The van der Waals surface area contributed by atoms with Crippen molar-refractivity contribution in [2.45, 2.75) is 39.2 Å². The fourth-order valence-electron chi connectivity index (χ4n) is 4.72. The lowest BCUT2D eigenvalue weighted by molar-refractivity contribution is 0.0574. The number of aryl methyl sites for hydroxylation is 2. The number of amidine groups is 1. The fraction of sp³-hybridized carbons (Fsp3) is 0.333. The molecule has 6 nitrogen and oxygen atoms in total. The number of imidazole rings is 1. The molecule has 1 aromatic heterocycles. The number of halogens is 1. The maximum atomic E-state index is 14.0. The van der Waals surface area contributed by atoms with Crippen molar-refractivity contribution >= 4 is 11.9 Å². The molecule has 0 radical (unpaired) electrons. The SMILES string of the molecule is COc1cc(/C=C2\CCCN3CCC(c4cc(C)cc(F)c4)ON=C23)ccc1-n1cnc(C)c1. The van der Waals surface area contributed by atoms with Crippen molar-refractivity contribution in [3.8, 4) is 11.4 Å². The summed E-state index contributed by atoms with van der Waals surface area (Å²) in [6.07, 6.45) is 8.40. The number of nitrogens with zero attached hydrogens (tertiary/aromatic N) is 4. The van der Waals surface area contributed by atoms with Gasteiger partial charge in [0.1, 0.15) is 11.6 Å². The number of hydrogen-bond donors (Lipinski definition) is 0. The highest BCUT2D eigenvalue weighted by molar-refractivity contribution is 6.02. The Kier molecular flexibility index (Phi) is 6.09. The average molecular weight is 461 g/mol. The molecule has 1 atom stereocenters. The number of ether oxygens (including phenoxy) is 1. The molecule has 0 aliphatic carbocycles. The standard InChI is InChI=1S/C27H29FN4O2/c1-18-11-22(15-23(28)12-18)25-8-10-31-9-4-5-21(27(31)30-34-25)13-20-6-7-24(26(14-20)33-3)32-16-19(2)29-17-32/h6-7,11-17,25H,4-5,8-10H2,1-3H3/b21-13+. The second-order valence-electron chi connectivity index (χ2n) is 8.97. The summed E-state index contributed by atoms with van der Waals surface area (Å²) < 4.78 is 21.6. The zero-order valence-corrected chi connectivity index (χ0v) is 19.8. The van der Waals surface area contributed by atoms with Crippen LogP contribution in [0, 0.1) is 19.7 Å². The van der Waals surface area contributed by atoms with Crippen LogP contribution in [-0.2, 0) is 4.84 Å². The molecule has 2 aliphatic heterocycles. The summed E-state index contributed by atoms with van der Waals surface area (Å²) in [7, 11) is 1.68. The third-order valence-corrected chi connectivity index (χ3v) is 6.36.